The molecular weight excluding hydrogens is 394 g/mol. The average Bonchev–Trinajstić information content (AvgIpc) is 3.36. The number of amides is 1. The van der Waals surface area contributed by atoms with Crippen molar-refractivity contribution in [2.75, 3.05) is 4.90 Å². The second-order valence-corrected chi connectivity index (χ2v) is 9.11. The zero-order chi connectivity index (χ0) is 21.3. The summed E-state index contributed by atoms with van der Waals surface area (Å²) in [6.07, 6.45) is 0.865. The number of nitrogens with zero attached hydrogens (tertiary/aromatic N) is 2. The summed E-state index contributed by atoms with van der Waals surface area (Å²) in [6.45, 7) is 7.85. The van der Waals surface area contributed by atoms with Crippen LogP contribution in [0.5, 0.6) is 0 Å². The van der Waals surface area contributed by atoms with E-state index < -0.39 is 17.7 Å². The van der Waals surface area contributed by atoms with Crippen molar-refractivity contribution in [1.29, 1.82) is 0 Å². The third-order valence-corrected chi connectivity index (χ3v) is 5.85. The number of H-pyrrole nitrogens is 1. The van der Waals surface area contributed by atoms with Gasteiger partial charge in [0.25, 0.3) is 0 Å². The highest BCUT2D eigenvalue weighted by atomic mass is 32.1. The summed E-state index contributed by atoms with van der Waals surface area (Å²) in [5.41, 5.74) is 2.35. The Kier molecular flexibility index (Phi) is 5.35. The molecule has 4 aromatic rings. The molecule has 0 aliphatic heterocycles. The molecule has 6 heteroatoms. The fourth-order valence-electron chi connectivity index (χ4n) is 3.44. The third-order valence-electron chi connectivity index (χ3n) is 4.90. The minimum absolute atomic E-state index is 0.392. The standard InChI is InChI=1S/C24H25N3O2S/c1-16(22-25-14-19(26-22)17-10-6-5-7-11-17)29-23(28)27(24(2,3)4)20-15-30-21-13-9-8-12-18(20)21/h5-16H,1-4H3,(H,25,26). The van der Waals surface area contributed by atoms with Gasteiger partial charge in [0.15, 0.2) is 6.10 Å². The van der Waals surface area contributed by atoms with Crippen molar-refractivity contribution in [1.82, 2.24) is 9.97 Å². The normalized spacial score (nSPS) is 12.7. The van der Waals surface area contributed by atoms with Crippen LogP contribution in [0.1, 0.15) is 39.6 Å². The Balaban J connectivity index is 1.58. The lowest BCUT2D eigenvalue weighted by Crippen LogP contribution is -2.46. The minimum atomic E-state index is -0.510. The molecule has 4 rings (SSSR count). The van der Waals surface area contributed by atoms with E-state index in [1.54, 1.807) is 22.4 Å². The van der Waals surface area contributed by atoms with E-state index in [1.165, 1.54) is 0 Å². The summed E-state index contributed by atoms with van der Waals surface area (Å²) < 4.78 is 6.98. The number of thiophene rings is 1. The Hall–Kier alpha value is -3.12. The number of carbonyl (C=O) groups excluding carboxylic acids is 1. The van der Waals surface area contributed by atoms with Gasteiger partial charge in [0.05, 0.1) is 17.6 Å². The van der Waals surface area contributed by atoms with Gasteiger partial charge in [-0.25, -0.2) is 9.78 Å². The minimum Gasteiger partial charge on any atom is -0.438 e. The third kappa shape index (κ3) is 3.96. The van der Waals surface area contributed by atoms with E-state index >= 15 is 0 Å². The Morgan fingerprint density at radius 3 is 2.53 bits per heavy atom. The molecular formula is C24H25N3O2S. The van der Waals surface area contributed by atoms with Crippen molar-refractivity contribution in [3.8, 4) is 11.3 Å². The second-order valence-electron chi connectivity index (χ2n) is 8.20. The molecule has 1 unspecified atom stereocenters. The second kappa shape index (κ2) is 7.95. The lowest BCUT2D eigenvalue weighted by molar-refractivity contribution is 0.105. The number of anilines is 1. The maximum Gasteiger partial charge on any atom is 0.415 e. The summed E-state index contributed by atoms with van der Waals surface area (Å²) in [7, 11) is 0. The number of aromatic amines is 1. The first kappa shape index (κ1) is 20.2. The molecule has 0 bridgehead atoms. The summed E-state index contributed by atoms with van der Waals surface area (Å²) in [4.78, 5) is 22.7. The highest BCUT2D eigenvalue weighted by Crippen LogP contribution is 2.37. The predicted molar refractivity (Wildman–Crippen MR) is 123 cm³/mol. The van der Waals surface area contributed by atoms with Gasteiger partial charge < -0.3 is 9.72 Å². The van der Waals surface area contributed by atoms with Gasteiger partial charge in [0.2, 0.25) is 0 Å². The molecule has 2 aromatic carbocycles. The molecule has 0 saturated carbocycles. The van der Waals surface area contributed by atoms with Gasteiger partial charge in [-0.05, 0) is 39.3 Å². The zero-order valence-electron chi connectivity index (χ0n) is 17.5. The largest absolute Gasteiger partial charge is 0.438 e. The number of imidazole rings is 1. The van der Waals surface area contributed by atoms with E-state index in [-0.39, 0.29) is 0 Å². The molecule has 5 nitrogen and oxygen atoms in total. The first-order valence-corrected chi connectivity index (χ1v) is 10.8. The number of carbonyl (C=O) groups is 1. The molecule has 0 aliphatic carbocycles. The Morgan fingerprint density at radius 1 is 1.10 bits per heavy atom. The Bertz CT molecular complexity index is 1160. The van der Waals surface area contributed by atoms with Gasteiger partial charge >= 0.3 is 6.09 Å². The van der Waals surface area contributed by atoms with Crippen molar-refractivity contribution in [3.05, 3.63) is 72.0 Å². The number of benzene rings is 2. The Labute approximate surface area is 180 Å². The van der Waals surface area contributed by atoms with Crippen LogP contribution in [-0.4, -0.2) is 21.6 Å². The van der Waals surface area contributed by atoms with Gasteiger partial charge in [0.1, 0.15) is 5.82 Å². The number of aromatic nitrogens is 2. The fraction of sp³-hybridized carbons (Fsp3) is 0.250. The number of ether oxygens (including phenoxy) is 1. The van der Waals surface area contributed by atoms with Crippen LogP contribution in [0.2, 0.25) is 0 Å². The molecule has 0 fully saturated rings. The van der Waals surface area contributed by atoms with Crippen molar-refractivity contribution < 1.29 is 9.53 Å². The highest BCUT2D eigenvalue weighted by Gasteiger charge is 2.32. The lowest BCUT2D eigenvalue weighted by Gasteiger charge is -2.35. The smallest absolute Gasteiger partial charge is 0.415 e. The number of fused-ring (bicyclic) bond motifs is 1. The summed E-state index contributed by atoms with van der Waals surface area (Å²) in [6, 6.07) is 18.0. The van der Waals surface area contributed by atoms with Crippen LogP contribution in [0.15, 0.2) is 66.2 Å². The summed E-state index contributed by atoms with van der Waals surface area (Å²) in [5, 5.41) is 3.06. The van der Waals surface area contributed by atoms with Gasteiger partial charge in [-0.2, -0.15) is 0 Å². The SMILES string of the molecule is CC(OC(=O)N(c1csc2ccccc12)C(C)(C)C)c1ncc(-c2ccccc2)[nH]1. The van der Waals surface area contributed by atoms with E-state index in [0.717, 1.165) is 27.0 Å². The first-order chi connectivity index (χ1) is 14.3. The van der Waals surface area contributed by atoms with Gasteiger partial charge in [-0.15, -0.1) is 11.3 Å². The van der Waals surface area contributed by atoms with Crippen molar-refractivity contribution in [2.24, 2.45) is 0 Å². The molecule has 2 heterocycles. The molecule has 1 atom stereocenters. The number of nitrogens with one attached hydrogen (secondary N) is 1. The monoisotopic (exact) mass is 419 g/mol. The molecule has 30 heavy (non-hydrogen) atoms. The Morgan fingerprint density at radius 2 is 1.80 bits per heavy atom. The molecule has 0 spiro atoms. The van der Waals surface area contributed by atoms with E-state index in [9.17, 15) is 4.79 Å². The fourth-order valence-corrected chi connectivity index (χ4v) is 4.37. The van der Waals surface area contributed by atoms with E-state index in [0.29, 0.717) is 5.82 Å². The van der Waals surface area contributed by atoms with Crippen molar-refractivity contribution >= 4 is 33.2 Å². The topological polar surface area (TPSA) is 58.2 Å². The maximum atomic E-state index is 13.3. The number of hydrogen-bond donors (Lipinski definition) is 1. The number of rotatable bonds is 4. The van der Waals surface area contributed by atoms with Crippen molar-refractivity contribution in [2.45, 2.75) is 39.3 Å². The van der Waals surface area contributed by atoms with Crippen LogP contribution < -0.4 is 4.90 Å². The summed E-state index contributed by atoms with van der Waals surface area (Å²) in [5.74, 6) is 0.617. The molecule has 1 N–H and O–H groups in total. The average molecular weight is 420 g/mol. The molecule has 1 amide bonds. The number of hydrogen-bond acceptors (Lipinski definition) is 4. The van der Waals surface area contributed by atoms with E-state index in [1.807, 2.05) is 81.6 Å². The molecule has 154 valence electrons. The zero-order valence-corrected chi connectivity index (χ0v) is 18.4. The van der Waals surface area contributed by atoms with Crippen LogP contribution in [0.4, 0.5) is 10.5 Å². The van der Waals surface area contributed by atoms with Crippen LogP contribution >= 0.6 is 11.3 Å². The van der Waals surface area contributed by atoms with Crippen LogP contribution in [-0.2, 0) is 4.74 Å². The first-order valence-electron chi connectivity index (χ1n) is 9.92. The molecule has 2 aromatic heterocycles. The van der Waals surface area contributed by atoms with Crippen LogP contribution in [0.25, 0.3) is 21.3 Å². The van der Waals surface area contributed by atoms with Gasteiger partial charge in [-0.3, -0.25) is 4.90 Å². The maximum absolute atomic E-state index is 13.3. The summed E-state index contributed by atoms with van der Waals surface area (Å²) >= 11 is 1.62. The van der Waals surface area contributed by atoms with Gasteiger partial charge in [0, 0.05) is 21.0 Å². The molecule has 0 radical (unpaired) electrons. The highest BCUT2D eigenvalue weighted by molar-refractivity contribution is 7.17. The predicted octanol–water partition coefficient (Wildman–Crippen LogP) is 6.79. The van der Waals surface area contributed by atoms with Crippen LogP contribution in [0, 0.1) is 0 Å². The van der Waals surface area contributed by atoms with Crippen LogP contribution in [0.3, 0.4) is 0 Å². The van der Waals surface area contributed by atoms with E-state index in [4.69, 9.17) is 4.74 Å². The van der Waals surface area contributed by atoms with Crippen molar-refractivity contribution in [3.63, 3.8) is 0 Å². The molecule has 0 saturated heterocycles. The van der Waals surface area contributed by atoms with E-state index in [2.05, 4.69) is 16.0 Å². The molecule has 0 aliphatic rings. The quantitative estimate of drug-likeness (QED) is 0.396. The lowest BCUT2D eigenvalue weighted by atomic mass is 10.1. The van der Waals surface area contributed by atoms with Gasteiger partial charge in [-0.1, -0.05) is 48.5 Å².